The summed E-state index contributed by atoms with van der Waals surface area (Å²) in [6.07, 6.45) is 2.07. The molecule has 0 saturated carbocycles. The summed E-state index contributed by atoms with van der Waals surface area (Å²) in [5.41, 5.74) is 3.41. The topological polar surface area (TPSA) is 34.1 Å². The zero-order valence-electron chi connectivity index (χ0n) is 17.3. The van der Waals surface area contributed by atoms with Gasteiger partial charge in [0.1, 0.15) is 0 Å². The summed E-state index contributed by atoms with van der Waals surface area (Å²) in [6.45, 7) is 1.94. The second-order valence-electron chi connectivity index (χ2n) is 7.14. The van der Waals surface area contributed by atoms with Crippen molar-refractivity contribution in [1.29, 1.82) is 0 Å². The monoisotopic (exact) mass is 462 g/mol. The van der Waals surface area contributed by atoms with Crippen LogP contribution in [0.1, 0.15) is 5.56 Å². The minimum absolute atomic E-state index is 0.310. The fourth-order valence-electron chi connectivity index (χ4n) is 3.18. The number of sulfone groups is 1. The summed E-state index contributed by atoms with van der Waals surface area (Å²) in [5.74, 6) is 0. The minimum atomic E-state index is -3.50. The van der Waals surface area contributed by atoms with Crippen molar-refractivity contribution < 1.29 is 8.42 Å². The van der Waals surface area contributed by atoms with E-state index in [1.54, 1.807) is 47.8 Å². The number of hydrogen-bond donors (Lipinski definition) is 0. The van der Waals surface area contributed by atoms with Crippen LogP contribution in [0.5, 0.6) is 0 Å². The van der Waals surface area contributed by atoms with E-state index in [2.05, 4.69) is 54.8 Å². The molecule has 4 aromatic carbocycles. The third kappa shape index (κ3) is 5.06. The third-order valence-corrected chi connectivity index (χ3v) is 8.52. The highest BCUT2D eigenvalue weighted by molar-refractivity contribution is 7.99. The Bertz CT molecular complexity index is 1260. The Morgan fingerprint density at radius 3 is 1.39 bits per heavy atom. The molecule has 0 N–H and O–H groups in total. The van der Waals surface area contributed by atoms with Gasteiger partial charge in [0, 0.05) is 14.7 Å². The van der Waals surface area contributed by atoms with Gasteiger partial charge in [0.25, 0.3) is 0 Å². The smallest absolute Gasteiger partial charge is 0.206 e. The molecule has 0 spiro atoms. The molecule has 0 aromatic heterocycles. The zero-order valence-corrected chi connectivity index (χ0v) is 19.7. The maximum absolute atomic E-state index is 12.8. The van der Waals surface area contributed by atoms with Crippen molar-refractivity contribution in [3.63, 3.8) is 0 Å². The lowest BCUT2D eigenvalue weighted by molar-refractivity contribution is 0.596. The van der Waals surface area contributed by atoms with Gasteiger partial charge >= 0.3 is 0 Å². The van der Waals surface area contributed by atoms with Crippen molar-refractivity contribution in [2.24, 2.45) is 0 Å². The van der Waals surface area contributed by atoms with E-state index in [1.165, 1.54) is 16.0 Å². The van der Waals surface area contributed by atoms with Crippen LogP contribution < -0.4 is 0 Å². The summed E-state index contributed by atoms with van der Waals surface area (Å²) >= 11 is 3.35. The largest absolute Gasteiger partial charge is 0.219 e. The molecule has 0 bridgehead atoms. The average Bonchev–Trinajstić information content (AvgIpc) is 2.80. The van der Waals surface area contributed by atoms with Crippen molar-refractivity contribution in [2.45, 2.75) is 31.4 Å². The molecule has 2 nitrogen and oxygen atoms in total. The van der Waals surface area contributed by atoms with Gasteiger partial charge in [-0.2, -0.15) is 0 Å². The molecule has 31 heavy (non-hydrogen) atoms. The molecule has 4 aromatic rings. The molecule has 0 heterocycles. The van der Waals surface area contributed by atoms with Crippen LogP contribution in [0.15, 0.2) is 122 Å². The molecule has 0 atom stereocenters. The predicted molar refractivity (Wildman–Crippen MR) is 131 cm³/mol. The lowest BCUT2D eigenvalue weighted by Crippen LogP contribution is -2.01. The van der Waals surface area contributed by atoms with Crippen LogP contribution in [0.4, 0.5) is 0 Å². The van der Waals surface area contributed by atoms with Crippen LogP contribution in [0.25, 0.3) is 11.1 Å². The van der Waals surface area contributed by atoms with Gasteiger partial charge in [-0.15, -0.1) is 11.8 Å². The van der Waals surface area contributed by atoms with Gasteiger partial charge in [-0.25, -0.2) is 8.42 Å². The molecule has 0 radical (unpaired) electrons. The Labute approximate surface area is 192 Å². The van der Waals surface area contributed by atoms with Gasteiger partial charge < -0.3 is 0 Å². The molecule has 156 valence electrons. The Hall–Kier alpha value is -2.47. The van der Waals surface area contributed by atoms with E-state index in [0.29, 0.717) is 9.79 Å². The maximum atomic E-state index is 12.8. The molecule has 5 heteroatoms. The highest BCUT2D eigenvalue weighted by Crippen LogP contribution is 2.32. The van der Waals surface area contributed by atoms with Crippen molar-refractivity contribution in [3.8, 4) is 11.1 Å². The first-order valence-corrected chi connectivity index (χ1v) is 13.3. The lowest BCUT2D eigenvalue weighted by atomic mass is 10.1. The van der Waals surface area contributed by atoms with Gasteiger partial charge in [-0.1, -0.05) is 53.7 Å². The van der Waals surface area contributed by atoms with Crippen molar-refractivity contribution >= 4 is 33.4 Å². The van der Waals surface area contributed by atoms with Crippen molar-refractivity contribution in [3.05, 3.63) is 103 Å². The molecule has 0 unspecified atom stereocenters. The van der Waals surface area contributed by atoms with Gasteiger partial charge in [0.2, 0.25) is 9.84 Å². The fraction of sp³-hybridized carbons (Fsp3) is 0.0769. The fourth-order valence-corrected chi connectivity index (χ4v) is 5.66. The molecule has 0 aliphatic carbocycles. The predicted octanol–water partition coefficient (Wildman–Crippen LogP) is 7.37. The number of benzene rings is 4. The minimum Gasteiger partial charge on any atom is -0.219 e. The van der Waals surface area contributed by atoms with E-state index < -0.39 is 9.84 Å². The number of rotatable bonds is 6. The SMILES string of the molecule is CSc1ccc(-c2ccc(Sc3ccc(S(=O)(=O)c4ccc(C)cc4)cc3)cc2)cc1. The summed E-state index contributed by atoms with van der Waals surface area (Å²) < 4.78 is 25.6. The van der Waals surface area contributed by atoms with E-state index in [1.807, 2.05) is 31.2 Å². The summed E-state index contributed by atoms with van der Waals surface area (Å²) in [4.78, 5) is 3.99. The van der Waals surface area contributed by atoms with Crippen molar-refractivity contribution in [2.75, 3.05) is 6.26 Å². The average molecular weight is 463 g/mol. The molecule has 0 fully saturated rings. The highest BCUT2D eigenvalue weighted by Gasteiger charge is 2.17. The Morgan fingerprint density at radius 1 is 0.548 bits per heavy atom. The molecule has 0 saturated heterocycles. The molecular formula is C26H22O2S3. The Balaban J connectivity index is 1.48. The molecule has 0 amide bonds. The number of hydrogen-bond acceptors (Lipinski definition) is 4. The van der Waals surface area contributed by atoms with Gasteiger partial charge in [0.15, 0.2) is 0 Å². The first-order chi connectivity index (χ1) is 15.0. The first-order valence-electron chi connectivity index (χ1n) is 9.80. The van der Waals surface area contributed by atoms with E-state index in [4.69, 9.17) is 0 Å². The summed E-state index contributed by atoms with van der Waals surface area (Å²) in [6, 6.07) is 31.0. The van der Waals surface area contributed by atoms with Crippen molar-refractivity contribution in [1.82, 2.24) is 0 Å². The molecular weight excluding hydrogens is 440 g/mol. The second kappa shape index (κ2) is 9.35. The van der Waals surface area contributed by atoms with E-state index in [9.17, 15) is 8.42 Å². The van der Waals surface area contributed by atoms with Gasteiger partial charge in [-0.05, 0) is 85.0 Å². The van der Waals surface area contributed by atoms with Crippen LogP contribution in [-0.2, 0) is 9.84 Å². The molecule has 0 aliphatic heterocycles. The van der Waals surface area contributed by atoms with Crippen LogP contribution in [-0.4, -0.2) is 14.7 Å². The molecule has 4 rings (SSSR count). The maximum Gasteiger partial charge on any atom is 0.206 e. The standard InChI is InChI=1S/C26H22O2S3/c1-19-3-15-25(16-4-19)31(27,28)26-17-13-24(14-18-26)30-23-11-7-21(8-12-23)20-5-9-22(29-2)10-6-20/h3-18H,1-2H3. The molecule has 0 aliphatic rings. The summed E-state index contributed by atoms with van der Waals surface area (Å²) in [7, 11) is -3.50. The zero-order chi connectivity index (χ0) is 21.8. The van der Waals surface area contributed by atoms with Crippen LogP contribution in [0.2, 0.25) is 0 Å². The van der Waals surface area contributed by atoms with E-state index in [-0.39, 0.29) is 0 Å². The Kier molecular flexibility index (Phi) is 6.56. The van der Waals surface area contributed by atoms with Gasteiger partial charge in [0.05, 0.1) is 9.79 Å². The third-order valence-electron chi connectivity index (χ3n) is 4.98. The number of aryl methyl sites for hydroxylation is 1. The normalized spacial score (nSPS) is 11.4. The van der Waals surface area contributed by atoms with Crippen LogP contribution in [0.3, 0.4) is 0 Å². The van der Waals surface area contributed by atoms with E-state index in [0.717, 1.165) is 15.4 Å². The van der Waals surface area contributed by atoms with E-state index >= 15 is 0 Å². The first kappa shape index (κ1) is 21.8. The van der Waals surface area contributed by atoms with Crippen LogP contribution in [0, 0.1) is 6.92 Å². The highest BCUT2D eigenvalue weighted by atomic mass is 32.2. The van der Waals surface area contributed by atoms with Crippen LogP contribution >= 0.6 is 23.5 Å². The Morgan fingerprint density at radius 2 is 0.935 bits per heavy atom. The van der Waals surface area contributed by atoms with Gasteiger partial charge in [-0.3, -0.25) is 0 Å². The quantitative estimate of drug-likeness (QED) is 0.280. The summed E-state index contributed by atoms with van der Waals surface area (Å²) in [5, 5.41) is 0. The lowest BCUT2D eigenvalue weighted by Gasteiger charge is -2.08. The number of thioether (sulfide) groups is 1. The second-order valence-corrected chi connectivity index (χ2v) is 11.1.